The van der Waals surface area contributed by atoms with E-state index in [2.05, 4.69) is 4.99 Å². The number of para-hydroxylation sites is 1. The number of anilines is 1. The van der Waals surface area contributed by atoms with Gasteiger partial charge in [-0.25, -0.2) is 4.99 Å². The van der Waals surface area contributed by atoms with Crippen LogP contribution in [0.15, 0.2) is 77.8 Å². The van der Waals surface area contributed by atoms with Crippen molar-refractivity contribution in [1.82, 2.24) is 0 Å². The molecule has 0 radical (unpaired) electrons. The molecule has 0 saturated carbocycles. The van der Waals surface area contributed by atoms with Gasteiger partial charge in [0.2, 0.25) is 0 Å². The molecule has 1 amide bonds. The summed E-state index contributed by atoms with van der Waals surface area (Å²) < 4.78 is 0. The van der Waals surface area contributed by atoms with E-state index >= 15 is 0 Å². The van der Waals surface area contributed by atoms with Gasteiger partial charge in [0, 0.05) is 18.2 Å². The van der Waals surface area contributed by atoms with Gasteiger partial charge in [0.25, 0.3) is 11.6 Å². The number of rotatable bonds is 4. The highest BCUT2D eigenvalue weighted by Gasteiger charge is 2.41. The van der Waals surface area contributed by atoms with Crippen molar-refractivity contribution < 1.29 is 9.72 Å². The van der Waals surface area contributed by atoms with Crippen LogP contribution in [0, 0.1) is 24.0 Å². The fraction of sp³-hybridized carbons (Fsp3) is 0.167. The van der Waals surface area contributed by atoms with Crippen molar-refractivity contribution >= 4 is 28.7 Å². The first-order valence-corrected chi connectivity index (χ1v) is 9.72. The monoisotopic (exact) mass is 399 g/mol. The quantitative estimate of drug-likeness (QED) is 0.432. The van der Waals surface area contributed by atoms with Crippen LogP contribution in [-0.2, 0) is 4.79 Å². The number of nitro benzene ring substituents is 1. The number of carbonyl (C=O) groups is 1. The number of nitro groups is 1. The molecule has 6 heteroatoms. The molecule has 0 spiro atoms. The summed E-state index contributed by atoms with van der Waals surface area (Å²) in [5.74, 6) is -0.234. The van der Waals surface area contributed by atoms with Crippen molar-refractivity contribution in [2.45, 2.75) is 26.3 Å². The second-order valence-corrected chi connectivity index (χ2v) is 7.44. The molecule has 3 aromatic carbocycles. The van der Waals surface area contributed by atoms with Crippen LogP contribution in [0.5, 0.6) is 0 Å². The Balaban J connectivity index is 1.82. The van der Waals surface area contributed by atoms with Gasteiger partial charge in [-0.15, -0.1) is 0 Å². The SMILES string of the molecule is Cc1ccc(N=C2CC(c3ccccc3[N+](=O)[O-])N(c3ccc(C)cc3)C2=O)cc1. The second-order valence-electron chi connectivity index (χ2n) is 7.44. The number of hydrogen-bond donors (Lipinski definition) is 0. The predicted octanol–water partition coefficient (Wildman–Crippen LogP) is 5.46. The molecule has 1 saturated heterocycles. The zero-order valence-electron chi connectivity index (χ0n) is 16.8. The molecule has 0 aliphatic carbocycles. The summed E-state index contributed by atoms with van der Waals surface area (Å²) in [5.41, 5.74) is 4.47. The Hall–Kier alpha value is -3.80. The standard InChI is InChI=1S/C24H21N3O3/c1-16-7-11-18(12-8-16)25-21-15-23(20-5-3-4-6-22(20)27(29)30)26(24(21)28)19-13-9-17(2)10-14-19/h3-14,23H,15H2,1-2H3. The van der Waals surface area contributed by atoms with E-state index in [9.17, 15) is 14.9 Å². The van der Waals surface area contributed by atoms with Crippen molar-refractivity contribution in [2.75, 3.05) is 4.90 Å². The minimum Gasteiger partial charge on any atom is -0.299 e. The van der Waals surface area contributed by atoms with Gasteiger partial charge in [0.15, 0.2) is 0 Å². The third kappa shape index (κ3) is 3.72. The molecule has 1 aliphatic rings. The topological polar surface area (TPSA) is 75.8 Å². The average molecular weight is 399 g/mol. The maximum atomic E-state index is 13.4. The summed E-state index contributed by atoms with van der Waals surface area (Å²) in [6, 6.07) is 21.3. The lowest BCUT2D eigenvalue weighted by molar-refractivity contribution is -0.385. The largest absolute Gasteiger partial charge is 0.299 e. The maximum Gasteiger partial charge on any atom is 0.274 e. The van der Waals surface area contributed by atoms with Crippen molar-refractivity contribution in [3.8, 4) is 0 Å². The van der Waals surface area contributed by atoms with Crippen molar-refractivity contribution in [1.29, 1.82) is 0 Å². The first-order valence-electron chi connectivity index (χ1n) is 9.72. The molecule has 6 nitrogen and oxygen atoms in total. The summed E-state index contributed by atoms with van der Waals surface area (Å²) in [4.78, 5) is 30.8. The lowest BCUT2D eigenvalue weighted by Gasteiger charge is -2.24. The smallest absolute Gasteiger partial charge is 0.274 e. The number of hydrogen-bond acceptors (Lipinski definition) is 4. The van der Waals surface area contributed by atoms with Crippen LogP contribution in [-0.4, -0.2) is 16.5 Å². The van der Waals surface area contributed by atoms with E-state index in [1.54, 1.807) is 23.1 Å². The fourth-order valence-electron chi connectivity index (χ4n) is 3.70. The molecule has 0 N–H and O–H groups in total. The van der Waals surface area contributed by atoms with Crippen molar-refractivity contribution in [3.63, 3.8) is 0 Å². The third-order valence-corrected chi connectivity index (χ3v) is 5.27. The third-order valence-electron chi connectivity index (χ3n) is 5.27. The zero-order valence-corrected chi connectivity index (χ0v) is 16.8. The molecular weight excluding hydrogens is 378 g/mol. The molecule has 1 atom stereocenters. The summed E-state index contributed by atoms with van der Waals surface area (Å²) in [6.07, 6.45) is 0.297. The Bertz CT molecular complexity index is 1140. The minimum absolute atomic E-state index is 0.00370. The highest BCUT2D eigenvalue weighted by Crippen LogP contribution is 2.40. The zero-order chi connectivity index (χ0) is 21.3. The van der Waals surface area contributed by atoms with Crippen molar-refractivity contribution in [3.05, 3.63) is 99.6 Å². The van der Waals surface area contributed by atoms with Gasteiger partial charge in [0.05, 0.1) is 22.2 Å². The van der Waals surface area contributed by atoms with E-state index in [0.717, 1.165) is 11.1 Å². The number of carbonyl (C=O) groups excluding carboxylic acids is 1. The molecule has 4 rings (SSSR count). The van der Waals surface area contributed by atoms with E-state index in [0.29, 0.717) is 29.1 Å². The molecule has 150 valence electrons. The van der Waals surface area contributed by atoms with Crippen LogP contribution in [0.4, 0.5) is 17.1 Å². The van der Waals surface area contributed by atoms with E-state index < -0.39 is 11.0 Å². The molecule has 1 heterocycles. The Morgan fingerprint density at radius 3 is 2.17 bits per heavy atom. The van der Waals surface area contributed by atoms with E-state index in [-0.39, 0.29) is 11.6 Å². The highest BCUT2D eigenvalue weighted by molar-refractivity contribution is 6.46. The Morgan fingerprint density at radius 2 is 1.53 bits per heavy atom. The predicted molar refractivity (Wildman–Crippen MR) is 117 cm³/mol. The van der Waals surface area contributed by atoms with Gasteiger partial charge < -0.3 is 0 Å². The summed E-state index contributed by atoms with van der Waals surface area (Å²) in [7, 11) is 0. The fourth-order valence-corrected chi connectivity index (χ4v) is 3.70. The number of amides is 1. The van der Waals surface area contributed by atoms with Gasteiger partial charge in [-0.2, -0.15) is 0 Å². The first-order chi connectivity index (χ1) is 14.4. The molecule has 3 aromatic rings. The first kappa shape index (κ1) is 19.5. The highest BCUT2D eigenvalue weighted by atomic mass is 16.6. The van der Waals surface area contributed by atoms with Crippen LogP contribution in [0.25, 0.3) is 0 Å². The van der Waals surface area contributed by atoms with Gasteiger partial charge in [0.1, 0.15) is 5.71 Å². The van der Waals surface area contributed by atoms with Crippen molar-refractivity contribution in [2.24, 2.45) is 4.99 Å². The Kier molecular flexibility index (Phi) is 5.14. The molecular formula is C24H21N3O3. The lowest BCUT2D eigenvalue weighted by Crippen LogP contribution is -2.29. The molecule has 1 fully saturated rings. The van der Waals surface area contributed by atoms with Gasteiger partial charge in [-0.1, -0.05) is 53.6 Å². The second kappa shape index (κ2) is 7.91. The minimum atomic E-state index is -0.494. The average Bonchev–Trinajstić information content (AvgIpc) is 3.06. The van der Waals surface area contributed by atoms with Gasteiger partial charge in [-0.3, -0.25) is 19.8 Å². The number of nitrogens with zero attached hydrogens (tertiary/aromatic N) is 3. The number of aryl methyl sites for hydroxylation is 2. The molecule has 0 aromatic heterocycles. The van der Waals surface area contributed by atoms with Crippen LogP contribution >= 0.6 is 0 Å². The molecule has 1 aliphatic heterocycles. The van der Waals surface area contributed by atoms with E-state index in [4.69, 9.17) is 0 Å². The Morgan fingerprint density at radius 1 is 0.933 bits per heavy atom. The van der Waals surface area contributed by atoms with Crippen LogP contribution < -0.4 is 4.90 Å². The molecule has 1 unspecified atom stereocenters. The summed E-state index contributed by atoms with van der Waals surface area (Å²) >= 11 is 0. The summed E-state index contributed by atoms with van der Waals surface area (Å²) in [6.45, 7) is 3.96. The van der Waals surface area contributed by atoms with E-state index in [1.807, 2.05) is 62.4 Å². The number of benzene rings is 3. The number of aliphatic imine (C=N–C) groups is 1. The normalized spacial score (nSPS) is 17.5. The lowest BCUT2D eigenvalue weighted by atomic mass is 10.0. The summed E-state index contributed by atoms with van der Waals surface area (Å²) in [5, 5.41) is 11.6. The maximum absolute atomic E-state index is 13.4. The van der Waals surface area contributed by atoms with E-state index in [1.165, 1.54) is 6.07 Å². The van der Waals surface area contributed by atoms with Gasteiger partial charge >= 0.3 is 0 Å². The Labute approximate surface area is 174 Å². The van der Waals surface area contributed by atoms with Crippen LogP contribution in [0.1, 0.15) is 29.2 Å². The van der Waals surface area contributed by atoms with Crippen LogP contribution in [0.3, 0.4) is 0 Å². The van der Waals surface area contributed by atoms with Crippen LogP contribution in [0.2, 0.25) is 0 Å². The molecule has 0 bridgehead atoms. The van der Waals surface area contributed by atoms with Gasteiger partial charge in [-0.05, 0) is 38.1 Å². The molecule has 30 heavy (non-hydrogen) atoms.